The van der Waals surface area contributed by atoms with Gasteiger partial charge in [0.15, 0.2) is 0 Å². The van der Waals surface area contributed by atoms with Crippen molar-refractivity contribution in [2.45, 2.75) is 4.90 Å². The third kappa shape index (κ3) is 2.17. The lowest BCUT2D eigenvalue weighted by molar-refractivity contribution is -0.385. The number of nitro benzene ring substituents is 1. The van der Waals surface area contributed by atoms with E-state index in [1.807, 2.05) is 0 Å². The molecule has 0 spiro atoms. The van der Waals surface area contributed by atoms with E-state index in [2.05, 4.69) is 10.0 Å². The standard InChI is InChI=1S/C9H9N3O5S/c13-9-7-2-1-6(12(14)15)5-8(7)18(16,17)11-4-3-10-9/h1-2,5,11H,3-4H2,(H,10,13). The van der Waals surface area contributed by atoms with Crippen molar-refractivity contribution >= 4 is 21.6 Å². The van der Waals surface area contributed by atoms with E-state index in [0.29, 0.717) is 0 Å². The number of sulfonamides is 1. The van der Waals surface area contributed by atoms with Gasteiger partial charge in [-0.2, -0.15) is 0 Å². The van der Waals surface area contributed by atoms with Gasteiger partial charge in [-0.1, -0.05) is 0 Å². The highest BCUT2D eigenvalue weighted by molar-refractivity contribution is 7.89. The molecule has 0 unspecified atom stereocenters. The Morgan fingerprint density at radius 1 is 1.28 bits per heavy atom. The van der Waals surface area contributed by atoms with Gasteiger partial charge in [0.05, 0.1) is 10.5 Å². The van der Waals surface area contributed by atoms with E-state index in [1.165, 1.54) is 0 Å². The van der Waals surface area contributed by atoms with Crippen molar-refractivity contribution in [2.24, 2.45) is 0 Å². The Labute approximate surface area is 102 Å². The van der Waals surface area contributed by atoms with Crippen molar-refractivity contribution < 1.29 is 18.1 Å². The van der Waals surface area contributed by atoms with Gasteiger partial charge >= 0.3 is 0 Å². The zero-order valence-electron chi connectivity index (χ0n) is 9.04. The summed E-state index contributed by atoms with van der Waals surface area (Å²) < 4.78 is 25.9. The summed E-state index contributed by atoms with van der Waals surface area (Å²) >= 11 is 0. The topological polar surface area (TPSA) is 118 Å². The van der Waals surface area contributed by atoms with Gasteiger partial charge in [-0.05, 0) is 6.07 Å². The number of nitrogens with zero attached hydrogens (tertiary/aromatic N) is 1. The summed E-state index contributed by atoms with van der Waals surface area (Å²) in [5.41, 5.74) is -0.486. The molecule has 0 aromatic heterocycles. The molecule has 0 saturated carbocycles. The molecule has 1 aliphatic heterocycles. The molecule has 96 valence electrons. The predicted molar refractivity (Wildman–Crippen MR) is 60.6 cm³/mol. The zero-order valence-corrected chi connectivity index (χ0v) is 9.86. The summed E-state index contributed by atoms with van der Waals surface area (Å²) in [6, 6.07) is 3.10. The minimum absolute atomic E-state index is 0.0379. The first-order chi connectivity index (χ1) is 8.42. The lowest BCUT2D eigenvalue weighted by Gasteiger charge is -2.15. The van der Waals surface area contributed by atoms with Crippen LogP contribution in [-0.4, -0.2) is 32.3 Å². The van der Waals surface area contributed by atoms with E-state index in [9.17, 15) is 23.3 Å². The van der Waals surface area contributed by atoms with Gasteiger partial charge in [-0.25, -0.2) is 13.1 Å². The lowest BCUT2D eigenvalue weighted by atomic mass is 10.2. The first-order valence-electron chi connectivity index (χ1n) is 4.98. The number of carbonyl (C=O) groups excluding carboxylic acids is 1. The van der Waals surface area contributed by atoms with Gasteiger partial charge in [-0.3, -0.25) is 14.9 Å². The van der Waals surface area contributed by atoms with Crippen molar-refractivity contribution in [3.05, 3.63) is 33.9 Å². The molecule has 1 aromatic rings. The van der Waals surface area contributed by atoms with Crippen LogP contribution in [0.4, 0.5) is 5.69 Å². The minimum atomic E-state index is -3.91. The van der Waals surface area contributed by atoms with Crippen LogP contribution in [0.15, 0.2) is 23.1 Å². The number of non-ortho nitro benzene ring substituents is 1. The van der Waals surface area contributed by atoms with E-state index in [4.69, 9.17) is 0 Å². The van der Waals surface area contributed by atoms with Gasteiger partial charge in [0.1, 0.15) is 4.90 Å². The summed E-state index contributed by atoms with van der Waals surface area (Å²) in [5, 5.41) is 13.1. The third-order valence-corrected chi connectivity index (χ3v) is 3.91. The number of rotatable bonds is 1. The molecule has 0 aliphatic carbocycles. The number of nitrogens with one attached hydrogen (secondary N) is 2. The number of benzene rings is 1. The average molecular weight is 271 g/mol. The third-order valence-electron chi connectivity index (χ3n) is 2.41. The number of amides is 1. The molecule has 1 amide bonds. The molecule has 0 bridgehead atoms. The van der Waals surface area contributed by atoms with Crippen molar-refractivity contribution in [1.82, 2.24) is 10.0 Å². The van der Waals surface area contributed by atoms with Crippen LogP contribution in [0.5, 0.6) is 0 Å². The lowest BCUT2D eigenvalue weighted by Crippen LogP contribution is -2.39. The van der Waals surface area contributed by atoms with Crippen LogP contribution in [0.1, 0.15) is 10.4 Å². The Morgan fingerprint density at radius 2 is 2.00 bits per heavy atom. The number of hydrogen-bond donors (Lipinski definition) is 2. The molecule has 8 nitrogen and oxygen atoms in total. The second-order valence-electron chi connectivity index (χ2n) is 3.59. The summed E-state index contributed by atoms with van der Waals surface area (Å²) in [6.45, 7) is 0.199. The fraction of sp³-hybridized carbons (Fsp3) is 0.222. The Kier molecular flexibility index (Phi) is 3.01. The van der Waals surface area contributed by atoms with Gasteiger partial charge in [0.25, 0.3) is 11.6 Å². The molecule has 2 rings (SSSR count). The maximum absolute atomic E-state index is 11.9. The summed E-state index contributed by atoms with van der Waals surface area (Å²) in [5.74, 6) is -0.565. The van der Waals surface area contributed by atoms with Crippen LogP contribution in [0.2, 0.25) is 0 Å². The van der Waals surface area contributed by atoms with Crippen LogP contribution >= 0.6 is 0 Å². The summed E-state index contributed by atoms with van der Waals surface area (Å²) in [4.78, 5) is 21.2. The maximum atomic E-state index is 11.9. The SMILES string of the molecule is O=C1NCCNS(=O)(=O)c2cc([N+](=O)[O-])ccc21. The monoisotopic (exact) mass is 271 g/mol. The molecule has 9 heteroatoms. The molecular formula is C9H9N3O5S. The van der Waals surface area contributed by atoms with Crippen LogP contribution < -0.4 is 10.0 Å². The molecule has 1 aromatic carbocycles. The second kappa shape index (κ2) is 4.35. The average Bonchev–Trinajstić information content (AvgIpc) is 2.32. The number of nitro groups is 1. The van der Waals surface area contributed by atoms with E-state index >= 15 is 0 Å². The van der Waals surface area contributed by atoms with Crippen molar-refractivity contribution in [2.75, 3.05) is 13.1 Å². The number of hydrogen-bond acceptors (Lipinski definition) is 5. The fourth-order valence-electron chi connectivity index (χ4n) is 1.57. The normalized spacial score (nSPS) is 18.1. The minimum Gasteiger partial charge on any atom is -0.351 e. The maximum Gasteiger partial charge on any atom is 0.270 e. The van der Waals surface area contributed by atoms with E-state index < -0.39 is 20.9 Å². The van der Waals surface area contributed by atoms with E-state index in [-0.39, 0.29) is 29.2 Å². The molecule has 0 radical (unpaired) electrons. The van der Waals surface area contributed by atoms with Crippen LogP contribution in [0, 0.1) is 10.1 Å². The first kappa shape index (κ1) is 12.5. The Balaban J connectivity index is 2.68. The highest BCUT2D eigenvalue weighted by Crippen LogP contribution is 2.22. The van der Waals surface area contributed by atoms with Crippen LogP contribution in [0.3, 0.4) is 0 Å². The zero-order chi connectivity index (χ0) is 13.3. The Hall–Kier alpha value is -2.00. The van der Waals surface area contributed by atoms with Crippen LogP contribution in [-0.2, 0) is 10.0 Å². The van der Waals surface area contributed by atoms with Crippen molar-refractivity contribution in [3.63, 3.8) is 0 Å². The van der Waals surface area contributed by atoms with Gasteiger partial charge in [0.2, 0.25) is 10.0 Å². The molecule has 0 saturated heterocycles. The molecule has 1 heterocycles. The van der Waals surface area contributed by atoms with Gasteiger partial charge in [-0.15, -0.1) is 0 Å². The molecule has 2 N–H and O–H groups in total. The second-order valence-corrected chi connectivity index (χ2v) is 5.33. The van der Waals surface area contributed by atoms with E-state index in [0.717, 1.165) is 18.2 Å². The smallest absolute Gasteiger partial charge is 0.270 e. The van der Waals surface area contributed by atoms with Crippen molar-refractivity contribution in [1.29, 1.82) is 0 Å². The van der Waals surface area contributed by atoms with Crippen molar-refractivity contribution in [3.8, 4) is 0 Å². The highest BCUT2D eigenvalue weighted by atomic mass is 32.2. The summed E-state index contributed by atoms with van der Waals surface area (Å²) in [7, 11) is -3.91. The molecule has 18 heavy (non-hydrogen) atoms. The molecule has 0 atom stereocenters. The predicted octanol–water partition coefficient (Wildman–Crippen LogP) is -0.383. The van der Waals surface area contributed by atoms with Gasteiger partial charge in [0, 0.05) is 25.2 Å². The van der Waals surface area contributed by atoms with Gasteiger partial charge < -0.3 is 5.32 Å². The molecule has 0 fully saturated rings. The number of fused-ring (bicyclic) bond motifs is 1. The largest absolute Gasteiger partial charge is 0.351 e. The summed E-state index contributed by atoms with van der Waals surface area (Å²) in [6.07, 6.45) is 0. The highest BCUT2D eigenvalue weighted by Gasteiger charge is 2.26. The Bertz CT molecular complexity index is 625. The first-order valence-corrected chi connectivity index (χ1v) is 6.46. The molecule has 1 aliphatic rings. The Morgan fingerprint density at radius 3 is 2.67 bits per heavy atom. The quantitative estimate of drug-likeness (QED) is 0.533. The van der Waals surface area contributed by atoms with Crippen LogP contribution in [0.25, 0.3) is 0 Å². The number of carbonyl (C=O) groups is 1. The fourth-order valence-corrected chi connectivity index (χ4v) is 2.82. The van der Waals surface area contributed by atoms with E-state index in [1.54, 1.807) is 0 Å². The molecular weight excluding hydrogens is 262 g/mol.